The lowest BCUT2D eigenvalue weighted by molar-refractivity contribution is 0.352. The number of rotatable bonds is 3. The van der Waals surface area contributed by atoms with Gasteiger partial charge < -0.3 is 0 Å². The molecule has 3 unspecified atom stereocenters. The summed E-state index contributed by atoms with van der Waals surface area (Å²) in [7, 11) is 0. The van der Waals surface area contributed by atoms with Gasteiger partial charge in [0.25, 0.3) is 5.56 Å². The number of aromatic nitrogens is 2. The van der Waals surface area contributed by atoms with Crippen LogP contribution in [-0.2, 0) is 6.54 Å². The van der Waals surface area contributed by atoms with Crippen molar-refractivity contribution in [2.75, 3.05) is 0 Å². The highest BCUT2D eigenvalue weighted by atomic mass is 35.5. The molecule has 0 N–H and O–H groups in total. The molecule has 1 aliphatic carbocycles. The van der Waals surface area contributed by atoms with Gasteiger partial charge in [-0.3, -0.25) is 9.36 Å². The van der Waals surface area contributed by atoms with Crippen LogP contribution in [0.3, 0.4) is 0 Å². The smallest absolute Gasteiger partial charge is 0.261 e. The summed E-state index contributed by atoms with van der Waals surface area (Å²) in [6.45, 7) is 4.90. The van der Waals surface area contributed by atoms with Crippen molar-refractivity contribution in [3.63, 3.8) is 0 Å². The molecule has 0 aliphatic heterocycles. The van der Waals surface area contributed by atoms with E-state index in [0.717, 1.165) is 12.1 Å². The maximum Gasteiger partial charge on any atom is 0.261 e. The highest BCUT2D eigenvalue weighted by Crippen LogP contribution is 2.33. The number of hydrogen-bond donors (Lipinski definition) is 0. The second-order valence-electron chi connectivity index (χ2n) is 6.19. The number of fused-ring (bicyclic) bond motifs is 1. The minimum absolute atomic E-state index is 0.0437. The summed E-state index contributed by atoms with van der Waals surface area (Å²) in [4.78, 5) is 17.4. The Kier molecular flexibility index (Phi) is 4.03. The largest absolute Gasteiger partial charge is 0.295 e. The fourth-order valence-electron chi connectivity index (χ4n) is 3.39. The average Bonchev–Trinajstić information content (AvgIpc) is 2.87. The van der Waals surface area contributed by atoms with Crippen LogP contribution in [0.1, 0.15) is 44.3 Å². The Morgan fingerprint density at radius 2 is 2.14 bits per heavy atom. The first-order valence-corrected chi connectivity index (χ1v) is 8.15. The van der Waals surface area contributed by atoms with Crippen LogP contribution in [0.25, 0.3) is 10.9 Å². The van der Waals surface area contributed by atoms with Crippen molar-refractivity contribution in [3.05, 3.63) is 40.4 Å². The first-order chi connectivity index (χ1) is 10.1. The van der Waals surface area contributed by atoms with Crippen LogP contribution in [0.15, 0.2) is 29.1 Å². The molecule has 1 aromatic heterocycles. The lowest BCUT2D eigenvalue weighted by atomic mass is 9.98. The van der Waals surface area contributed by atoms with E-state index in [1.54, 1.807) is 0 Å². The number of halogens is 1. The second-order valence-corrected chi connectivity index (χ2v) is 6.84. The standard InChI is InChI=1S/C17H21ClN2O/c1-11-6-5-7-13(11)10-20-16(12(2)18)19-15-9-4-3-8-14(15)17(20)21/h3-4,8-9,11-13H,5-7,10H2,1-2H3. The van der Waals surface area contributed by atoms with Crippen molar-refractivity contribution >= 4 is 22.5 Å². The van der Waals surface area contributed by atoms with Crippen LogP contribution in [0.4, 0.5) is 0 Å². The van der Waals surface area contributed by atoms with Crippen LogP contribution in [0.2, 0.25) is 0 Å². The molecule has 1 aliphatic rings. The maximum absolute atomic E-state index is 12.8. The molecule has 1 saturated carbocycles. The van der Waals surface area contributed by atoms with Crippen molar-refractivity contribution in [2.45, 2.75) is 45.0 Å². The van der Waals surface area contributed by atoms with E-state index in [4.69, 9.17) is 11.6 Å². The van der Waals surface area contributed by atoms with Gasteiger partial charge in [0.1, 0.15) is 5.82 Å². The van der Waals surface area contributed by atoms with Gasteiger partial charge in [0.05, 0.1) is 16.3 Å². The number of para-hydroxylation sites is 1. The van der Waals surface area contributed by atoms with Crippen molar-refractivity contribution in [1.82, 2.24) is 9.55 Å². The Morgan fingerprint density at radius 1 is 1.38 bits per heavy atom. The molecule has 112 valence electrons. The van der Waals surface area contributed by atoms with Crippen LogP contribution >= 0.6 is 11.6 Å². The Bertz CT molecular complexity index is 707. The van der Waals surface area contributed by atoms with E-state index in [9.17, 15) is 4.79 Å². The zero-order valence-electron chi connectivity index (χ0n) is 12.6. The summed E-state index contributed by atoms with van der Waals surface area (Å²) in [6, 6.07) is 7.52. The maximum atomic E-state index is 12.8. The van der Waals surface area contributed by atoms with Gasteiger partial charge in [-0.2, -0.15) is 0 Å². The van der Waals surface area contributed by atoms with Crippen LogP contribution in [-0.4, -0.2) is 9.55 Å². The lowest BCUT2D eigenvalue weighted by Gasteiger charge is -2.20. The van der Waals surface area contributed by atoms with Gasteiger partial charge in [-0.05, 0) is 37.3 Å². The third-order valence-electron chi connectivity index (χ3n) is 4.70. The molecular weight excluding hydrogens is 284 g/mol. The van der Waals surface area contributed by atoms with E-state index >= 15 is 0 Å². The molecule has 0 radical (unpaired) electrons. The minimum Gasteiger partial charge on any atom is -0.295 e. The number of hydrogen-bond acceptors (Lipinski definition) is 2. The Labute approximate surface area is 130 Å². The summed E-state index contributed by atoms with van der Waals surface area (Å²) in [5.74, 6) is 1.92. The van der Waals surface area contributed by atoms with E-state index in [0.29, 0.717) is 23.0 Å². The summed E-state index contributed by atoms with van der Waals surface area (Å²) < 4.78 is 1.81. The van der Waals surface area contributed by atoms with Crippen molar-refractivity contribution in [1.29, 1.82) is 0 Å². The monoisotopic (exact) mass is 304 g/mol. The Balaban J connectivity index is 2.12. The zero-order valence-corrected chi connectivity index (χ0v) is 13.3. The van der Waals surface area contributed by atoms with Crippen LogP contribution in [0, 0.1) is 11.8 Å². The molecule has 21 heavy (non-hydrogen) atoms. The van der Waals surface area contributed by atoms with Gasteiger partial charge in [0, 0.05) is 6.54 Å². The molecule has 2 aromatic rings. The van der Waals surface area contributed by atoms with E-state index in [1.807, 2.05) is 35.8 Å². The van der Waals surface area contributed by atoms with E-state index in [1.165, 1.54) is 19.3 Å². The fraction of sp³-hybridized carbons (Fsp3) is 0.529. The highest BCUT2D eigenvalue weighted by Gasteiger charge is 2.26. The summed E-state index contributed by atoms with van der Waals surface area (Å²) in [6.07, 6.45) is 3.70. The lowest BCUT2D eigenvalue weighted by Crippen LogP contribution is -2.29. The van der Waals surface area contributed by atoms with Gasteiger partial charge in [0.2, 0.25) is 0 Å². The zero-order chi connectivity index (χ0) is 15.0. The third-order valence-corrected chi connectivity index (χ3v) is 4.90. The minimum atomic E-state index is -0.265. The summed E-state index contributed by atoms with van der Waals surface area (Å²) in [5.41, 5.74) is 0.780. The molecule has 0 saturated heterocycles. The molecule has 0 amide bonds. The third kappa shape index (κ3) is 2.71. The summed E-state index contributed by atoms with van der Waals surface area (Å²) >= 11 is 6.28. The average molecular weight is 305 g/mol. The van der Waals surface area contributed by atoms with Crippen molar-refractivity contribution in [2.24, 2.45) is 11.8 Å². The predicted octanol–water partition coefficient (Wildman–Crippen LogP) is 4.13. The van der Waals surface area contributed by atoms with E-state index in [-0.39, 0.29) is 10.9 Å². The number of benzene rings is 1. The molecule has 1 heterocycles. The predicted molar refractivity (Wildman–Crippen MR) is 86.8 cm³/mol. The summed E-state index contributed by atoms with van der Waals surface area (Å²) in [5, 5.41) is 0.420. The van der Waals surface area contributed by atoms with Gasteiger partial charge >= 0.3 is 0 Å². The molecular formula is C17H21ClN2O. The van der Waals surface area contributed by atoms with Gasteiger partial charge in [-0.25, -0.2) is 4.98 Å². The van der Waals surface area contributed by atoms with E-state index < -0.39 is 0 Å². The Morgan fingerprint density at radius 3 is 2.81 bits per heavy atom. The first-order valence-electron chi connectivity index (χ1n) is 7.71. The van der Waals surface area contributed by atoms with Crippen LogP contribution in [0.5, 0.6) is 0 Å². The Hall–Kier alpha value is -1.35. The van der Waals surface area contributed by atoms with Gasteiger partial charge in [0.15, 0.2) is 0 Å². The molecule has 3 atom stereocenters. The number of nitrogens with zero attached hydrogens (tertiary/aromatic N) is 2. The first kappa shape index (κ1) is 14.6. The van der Waals surface area contributed by atoms with Gasteiger partial charge in [-0.15, -0.1) is 11.6 Å². The highest BCUT2D eigenvalue weighted by molar-refractivity contribution is 6.20. The molecule has 1 aromatic carbocycles. The molecule has 0 bridgehead atoms. The van der Waals surface area contributed by atoms with Crippen LogP contribution < -0.4 is 5.56 Å². The van der Waals surface area contributed by atoms with Crippen molar-refractivity contribution < 1.29 is 0 Å². The molecule has 4 heteroatoms. The molecule has 3 rings (SSSR count). The second kappa shape index (κ2) is 5.80. The SMILES string of the molecule is CC(Cl)c1nc2ccccc2c(=O)n1CC1CCCC1C. The van der Waals surface area contributed by atoms with E-state index in [2.05, 4.69) is 11.9 Å². The fourth-order valence-corrected chi connectivity index (χ4v) is 3.56. The molecule has 3 nitrogen and oxygen atoms in total. The van der Waals surface area contributed by atoms with Crippen molar-refractivity contribution in [3.8, 4) is 0 Å². The molecule has 0 spiro atoms. The topological polar surface area (TPSA) is 34.9 Å². The normalized spacial score (nSPS) is 23.6. The molecule has 1 fully saturated rings. The quantitative estimate of drug-likeness (QED) is 0.799. The number of alkyl halides is 1. The van der Waals surface area contributed by atoms with Gasteiger partial charge in [-0.1, -0.05) is 31.9 Å².